The Labute approximate surface area is 197 Å². The number of aliphatic imine (C=N–C) groups is 1. The van der Waals surface area contributed by atoms with Crippen LogP contribution in [0.4, 0.5) is 0 Å². The first-order chi connectivity index (χ1) is 14.1. The Bertz CT molecular complexity index is 969. The van der Waals surface area contributed by atoms with Crippen molar-refractivity contribution in [2.24, 2.45) is 4.99 Å². The van der Waals surface area contributed by atoms with Crippen molar-refractivity contribution in [3.8, 4) is 10.8 Å². The lowest BCUT2D eigenvalue weighted by Crippen LogP contribution is -2.37. The van der Waals surface area contributed by atoms with Crippen LogP contribution in [0.3, 0.4) is 0 Å². The molecule has 0 bridgehead atoms. The summed E-state index contributed by atoms with van der Waals surface area (Å²) in [4.78, 5) is 23.4. The Morgan fingerprint density at radius 2 is 2.07 bits per heavy atom. The maximum absolute atomic E-state index is 12.1. The number of rotatable bonds is 7. The molecule has 2 aromatic heterocycles. The summed E-state index contributed by atoms with van der Waals surface area (Å²) in [6.45, 7) is 1.21. The van der Waals surface area contributed by atoms with Crippen molar-refractivity contribution >= 4 is 47.2 Å². The summed E-state index contributed by atoms with van der Waals surface area (Å²) in [5, 5.41) is 8.51. The number of benzene rings is 1. The van der Waals surface area contributed by atoms with E-state index in [1.165, 1.54) is 0 Å². The van der Waals surface area contributed by atoms with Crippen molar-refractivity contribution in [2.75, 3.05) is 27.7 Å². The van der Waals surface area contributed by atoms with E-state index < -0.39 is 0 Å². The van der Waals surface area contributed by atoms with Crippen molar-refractivity contribution < 1.29 is 9.21 Å². The number of hydrogen-bond donors (Lipinski definition) is 2. The monoisotopic (exact) mass is 539 g/mol. The van der Waals surface area contributed by atoms with Gasteiger partial charge in [-0.05, 0) is 35.6 Å². The highest BCUT2D eigenvalue weighted by Crippen LogP contribution is 2.23. The molecule has 0 saturated carbocycles. The van der Waals surface area contributed by atoms with E-state index >= 15 is 0 Å². The average molecular weight is 539 g/mol. The molecule has 0 aliphatic rings. The lowest BCUT2D eigenvalue weighted by atomic mass is 10.1. The number of oxazole rings is 1. The summed E-state index contributed by atoms with van der Waals surface area (Å²) in [6, 6.07) is 11.7. The zero-order chi connectivity index (χ0) is 20.6. The fourth-order valence-corrected chi connectivity index (χ4v) is 3.40. The van der Waals surface area contributed by atoms with E-state index in [2.05, 4.69) is 20.6 Å². The molecule has 0 aliphatic heterocycles. The summed E-state index contributed by atoms with van der Waals surface area (Å²) >= 11 is 1.59. The molecule has 0 unspecified atom stereocenters. The number of amides is 1. The van der Waals surface area contributed by atoms with Gasteiger partial charge in [0, 0.05) is 33.3 Å². The van der Waals surface area contributed by atoms with Crippen molar-refractivity contribution in [3.05, 3.63) is 64.9 Å². The van der Waals surface area contributed by atoms with Gasteiger partial charge in [0.2, 0.25) is 5.89 Å². The van der Waals surface area contributed by atoms with Crippen LogP contribution in [-0.4, -0.2) is 49.4 Å². The second-order valence-corrected chi connectivity index (χ2v) is 7.57. The predicted octanol–water partition coefficient (Wildman–Crippen LogP) is 3.63. The highest BCUT2D eigenvalue weighted by Gasteiger charge is 2.09. The number of aromatic nitrogens is 1. The number of nitrogens with zero attached hydrogens (tertiary/aromatic N) is 3. The molecular weight excluding hydrogens is 513 g/mol. The zero-order valence-corrected chi connectivity index (χ0v) is 20.4. The van der Waals surface area contributed by atoms with E-state index in [1.54, 1.807) is 43.6 Å². The van der Waals surface area contributed by atoms with Gasteiger partial charge in [0.25, 0.3) is 5.91 Å². The number of halogens is 1. The highest BCUT2D eigenvalue weighted by atomic mass is 127. The number of carbonyl (C=O) groups is 1. The third-order valence-electron chi connectivity index (χ3n) is 4.23. The van der Waals surface area contributed by atoms with Gasteiger partial charge >= 0.3 is 0 Å². The van der Waals surface area contributed by atoms with Crippen LogP contribution in [0.5, 0.6) is 0 Å². The third kappa shape index (κ3) is 6.56. The van der Waals surface area contributed by atoms with E-state index in [9.17, 15) is 4.79 Å². The minimum atomic E-state index is 0. The molecule has 0 atom stereocenters. The highest BCUT2D eigenvalue weighted by molar-refractivity contribution is 14.0. The first kappa shape index (κ1) is 23.9. The molecule has 1 aromatic carbocycles. The summed E-state index contributed by atoms with van der Waals surface area (Å²) in [5.74, 6) is 1.32. The molecule has 2 heterocycles. The van der Waals surface area contributed by atoms with Crippen molar-refractivity contribution in [1.29, 1.82) is 0 Å². The van der Waals surface area contributed by atoms with Crippen LogP contribution in [0.15, 0.2) is 57.5 Å². The van der Waals surface area contributed by atoms with Gasteiger partial charge in [-0.2, -0.15) is 0 Å². The first-order valence-electron chi connectivity index (χ1n) is 9.30. The number of carbonyl (C=O) groups excluding carboxylic acids is 1. The van der Waals surface area contributed by atoms with Gasteiger partial charge in [-0.1, -0.05) is 18.2 Å². The second-order valence-electron chi connectivity index (χ2n) is 6.62. The van der Waals surface area contributed by atoms with E-state index in [4.69, 9.17) is 4.42 Å². The van der Waals surface area contributed by atoms with Gasteiger partial charge in [0.1, 0.15) is 6.26 Å². The van der Waals surface area contributed by atoms with E-state index in [1.807, 2.05) is 41.8 Å². The summed E-state index contributed by atoms with van der Waals surface area (Å²) in [5.41, 5.74) is 2.60. The fourth-order valence-electron chi connectivity index (χ4n) is 2.74. The lowest BCUT2D eigenvalue weighted by molar-refractivity contribution is 0.0827. The van der Waals surface area contributed by atoms with E-state index in [-0.39, 0.29) is 29.9 Å². The molecule has 0 aliphatic carbocycles. The van der Waals surface area contributed by atoms with Crippen molar-refractivity contribution in [3.63, 3.8) is 0 Å². The minimum absolute atomic E-state index is 0. The maximum Gasteiger partial charge on any atom is 0.253 e. The van der Waals surface area contributed by atoms with E-state index in [0.717, 1.165) is 22.6 Å². The molecule has 1 amide bonds. The van der Waals surface area contributed by atoms with Crippen LogP contribution in [0.25, 0.3) is 10.8 Å². The SMILES string of the molecule is CN=C(NCCc1cccc(C(=O)N(C)C)c1)NCc1coc(-c2cccs2)n1.I. The second kappa shape index (κ2) is 11.7. The largest absolute Gasteiger partial charge is 0.443 e. The lowest BCUT2D eigenvalue weighted by Gasteiger charge is -2.12. The maximum atomic E-state index is 12.1. The van der Waals surface area contributed by atoms with Gasteiger partial charge < -0.3 is 20.0 Å². The number of nitrogens with one attached hydrogen (secondary N) is 2. The number of hydrogen-bond acceptors (Lipinski definition) is 5. The van der Waals surface area contributed by atoms with Crippen LogP contribution in [0.2, 0.25) is 0 Å². The topological polar surface area (TPSA) is 82.8 Å². The fraction of sp³-hybridized carbons (Fsp3) is 0.286. The Morgan fingerprint density at radius 3 is 2.77 bits per heavy atom. The van der Waals surface area contributed by atoms with Gasteiger partial charge in [-0.25, -0.2) is 4.98 Å². The third-order valence-corrected chi connectivity index (χ3v) is 5.09. The summed E-state index contributed by atoms with van der Waals surface area (Å²) < 4.78 is 5.53. The predicted molar refractivity (Wildman–Crippen MR) is 132 cm³/mol. The number of guanidine groups is 1. The minimum Gasteiger partial charge on any atom is -0.443 e. The van der Waals surface area contributed by atoms with Gasteiger partial charge in [-0.3, -0.25) is 9.79 Å². The van der Waals surface area contributed by atoms with Gasteiger partial charge in [0.15, 0.2) is 5.96 Å². The van der Waals surface area contributed by atoms with Crippen LogP contribution in [-0.2, 0) is 13.0 Å². The summed E-state index contributed by atoms with van der Waals surface area (Å²) in [7, 11) is 5.24. The standard InChI is InChI=1S/C21H25N5O2S.HI/c1-22-21(24-13-17-14-28-19(25-17)18-8-5-11-29-18)23-10-9-15-6-4-7-16(12-15)20(27)26(2)3;/h4-8,11-12,14H,9-10,13H2,1-3H3,(H2,22,23,24);1H. The molecule has 3 rings (SSSR count). The molecule has 3 aromatic rings. The van der Waals surface area contributed by atoms with E-state index in [0.29, 0.717) is 30.5 Å². The molecule has 0 radical (unpaired) electrons. The average Bonchev–Trinajstić information content (AvgIpc) is 3.41. The zero-order valence-electron chi connectivity index (χ0n) is 17.2. The van der Waals surface area contributed by atoms with Gasteiger partial charge in [-0.15, -0.1) is 35.3 Å². The van der Waals surface area contributed by atoms with Crippen LogP contribution in [0.1, 0.15) is 21.6 Å². The molecule has 0 fully saturated rings. The quantitative estimate of drug-likeness (QED) is 0.272. The van der Waals surface area contributed by atoms with Crippen molar-refractivity contribution in [1.82, 2.24) is 20.5 Å². The Kier molecular flexibility index (Phi) is 9.31. The molecule has 2 N–H and O–H groups in total. The molecule has 160 valence electrons. The molecule has 9 heteroatoms. The molecule has 7 nitrogen and oxygen atoms in total. The first-order valence-corrected chi connectivity index (χ1v) is 10.2. The van der Waals surface area contributed by atoms with Crippen LogP contribution in [0, 0.1) is 0 Å². The molecule has 30 heavy (non-hydrogen) atoms. The Hall–Kier alpha value is -2.40. The summed E-state index contributed by atoms with van der Waals surface area (Å²) in [6.07, 6.45) is 2.43. The normalized spacial score (nSPS) is 11.0. The van der Waals surface area contributed by atoms with Crippen LogP contribution >= 0.6 is 35.3 Å². The Balaban J connectivity index is 0.00000320. The smallest absolute Gasteiger partial charge is 0.253 e. The Morgan fingerprint density at radius 1 is 1.23 bits per heavy atom. The molecule has 0 saturated heterocycles. The van der Waals surface area contributed by atoms with Crippen LogP contribution < -0.4 is 10.6 Å². The molecular formula is C21H26IN5O2S. The van der Waals surface area contributed by atoms with Gasteiger partial charge in [0.05, 0.1) is 17.1 Å². The van der Waals surface area contributed by atoms with Crippen molar-refractivity contribution in [2.45, 2.75) is 13.0 Å². The number of thiophene rings is 1. The molecule has 0 spiro atoms.